The summed E-state index contributed by atoms with van der Waals surface area (Å²) in [6.45, 7) is 3.72. The lowest BCUT2D eigenvalue weighted by molar-refractivity contribution is -0.137. The van der Waals surface area contributed by atoms with E-state index in [2.05, 4.69) is 20.7 Å². The molecule has 1 amide bonds. The fraction of sp³-hybridized carbons (Fsp3) is 0.286. The average molecular weight is 435 g/mol. The van der Waals surface area contributed by atoms with E-state index in [1.807, 2.05) is 13.8 Å². The Hall–Kier alpha value is -3.27. The van der Waals surface area contributed by atoms with Gasteiger partial charge in [-0.25, -0.2) is 14.1 Å². The first kappa shape index (κ1) is 22.4. The minimum atomic E-state index is -4.57. The number of rotatable bonds is 7. The number of hydrogen-bond donors (Lipinski definition) is 2. The molecule has 2 aromatic carbocycles. The van der Waals surface area contributed by atoms with Crippen LogP contribution in [0, 0.1) is 11.7 Å². The first-order chi connectivity index (χ1) is 14.6. The van der Waals surface area contributed by atoms with Gasteiger partial charge >= 0.3 is 6.18 Å². The third kappa shape index (κ3) is 5.66. The predicted molar refractivity (Wildman–Crippen MR) is 107 cm³/mol. The largest absolute Gasteiger partial charge is 0.416 e. The highest BCUT2D eigenvalue weighted by atomic mass is 19.4. The van der Waals surface area contributed by atoms with Crippen molar-refractivity contribution in [2.24, 2.45) is 5.92 Å². The van der Waals surface area contributed by atoms with Crippen molar-refractivity contribution in [3.05, 3.63) is 72.1 Å². The Morgan fingerprint density at radius 2 is 1.84 bits per heavy atom. The van der Waals surface area contributed by atoms with Gasteiger partial charge in [0.2, 0.25) is 5.91 Å². The Morgan fingerprint density at radius 3 is 2.42 bits per heavy atom. The first-order valence-corrected chi connectivity index (χ1v) is 9.50. The topological polar surface area (TPSA) is 71.8 Å². The number of anilines is 1. The van der Waals surface area contributed by atoms with Gasteiger partial charge in [-0.05, 0) is 41.8 Å². The monoisotopic (exact) mass is 435 g/mol. The van der Waals surface area contributed by atoms with Crippen LogP contribution < -0.4 is 10.6 Å². The molecular formula is C21H21F4N5O. The Labute approximate surface area is 176 Å². The molecule has 0 spiro atoms. The van der Waals surface area contributed by atoms with Gasteiger partial charge in [-0.15, -0.1) is 0 Å². The van der Waals surface area contributed by atoms with Crippen molar-refractivity contribution >= 4 is 11.6 Å². The molecule has 6 nitrogen and oxygen atoms in total. The van der Waals surface area contributed by atoms with Crippen molar-refractivity contribution in [2.45, 2.75) is 26.1 Å². The zero-order valence-corrected chi connectivity index (χ0v) is 16.8. The predicted octanol–water partition coefficient (Wildman–Crippen LogP) is 4.35. The molecule has 1 heterocycles. The Morgan fingerprint density at radius 1 is 1.13 bits per heavy atom. The quantitative estimate of drug-likeness (QED) is 0.542. The third-order valence-corrected chi connectivity index (χ3v) is 4.64. The summed E-state index contributed by atoms with van der Waals surface area (Å²) in [6, 6.07) is 8.65. The first-order valence-electron chi connectivity index (χ1n) is 9.50. The van der Waals surface area contributed by atoms with Gasteiger partial charge in [-0.3, -0.25) is 4.79 Å². The summed E-state index contributed by atoms with van der Waals surface area (Å²) in [4.78, 5) is 16.3. The number of carbonyl (C=O) groups is 1. The third-order valence-electron chi connectivity index (χ3n) is 4.64. The van der Waals surface area contributed by atoms with Gasteiger partial charge in [0.25, 0.3) is 0 Å². The number of nitrogens with one attached hydrogen (secondary N) is 2. The molecule has 31 heavy (non-hydrogen) atoms. The summed E-state index contributed by atoms with van der Waals surface area (Å²) >= 11 is 0. The van der Waals surface area contributed by atoms with E-state index in [9.17, 15) is 22.4 Å². The van der Waals surface area contributed by atoms with E-state index >= 15 is 0 Å². The Balaban J connectivity index is 1.78. The van der Waals surface area contributed by atoms with Crippen molar-refractivity contribution in [1.82, 2.24) is 20.1 Å². The highest BCUT2D eigenvalue weighted by Gasteiger charge is 2.31. The lowest BCUT2D eigenvalue weighted by Crippen LogP contribution is -2.34. The normalized spacial score (nSPS) is 12.7. The summed E-state index contributed by atoms with van der Waals surface area (Å²) in [5.41, 5.74) is 0.102. The van der Waals surface area contributed by atoms with Gasteiger partial charge in [0.05, 0.1) is 23.5 Å². The minimum Gasteiger partial charge on any atom is -0.323 e. The van der Waals surface area contributed by atoms with Crippen LogP contribution in [0.4, 0.5) is 23.2 Å². The van der Waals surface area contributed by atoms with Crippen LogP contribution in [-0.2, 0) is 11.0 Å². The summed E-state index contributed by atoms with van der Waals surface area (Å²) in [7, 11) is 0. The van der Waals surface area contributed by atoms with E-state index in [-0.39, 0.29) is 35.7 Å². The van der Waals surface area contributed by atoms with Crippen molar-refractivity contribution in [2.75, 3.05) is 11.9 Å². The number of amides is 1. The zero-order valence-electron chi connectivity index (χ0n) is 16.8. The van der Waals surface area contributed by atoms with E-state index in [4.69, 9.17) is 0 Å². The van der Waals surface area contributed by atoms with E-state index in [1.165, 1.54) is 35.5 Å². The van der Waals surface area contributed by atoms with Crippen LogP contribution >= 0.6 is 0 Å². The van der Waals surface area contributed by atoms with Crippen molar-refractivity contribution in [3.8, 4) is 5.69 Å². The number of nitrogens with zero attached hydrogens (tertiary/aromatic N) is 3. The molecular weight excluding hydrogens is 414 g/mol. The van der Waals surface area contributed by atoms with E-state index in [0.717, 1.165) is 17.7 Å². The minimum absolute atomic E-state index is 0.0463. The van der Waals surface area contributed by atoms with Gasteiger partial charge < -0.3 is 10.6 Å². The van der Waals surface area contributed by atoms with Crippen LogP contribution in [-0.4, -0.2) is 27.2 Å². The van der Waals surface area contributed by atoms with Crippen molar-refractivity contribution in [3.63, 3.8) is 0 Å². The molecule has 0 unspecified atom stereocenters. The maximum Gasteiger partial charge on any atom is 0.416 e. The summed E-state index contributed by atoms with van der Waals surface area (Å²) < 4.78 is 53.9. The number of aromatic nitrogens is 3. The van der Waals surface area contributed by atoms with E-state index in [0.29, 0.717) is 0 Å². The van der Waals surface area contributed by atoms with Crippen molar-refractivity contribution in [1.29, 1.82) is 0 Å². The maximum atomic E-state index is 13.2. The second-order valence-corrected chi connectivity index (χ2v) is 7.27. The number of alkyl halides is 3. The molecule has 0 aliphatic rings. The molecule has 0 aliphatic heterocycles. The molecule has 1 atom stereocenters. The molecule has 164 valence electrons. The molecule has 0 saturated heterocycles. The number of benzene rings is 2. The van der Waals surface area contributed by atoms with Gasteiger partial charge in [0, 0.05) is 6.04 Å². The molecule has 0 radical (unpaired) electrons. The molecule has 3 aromatic rings. The molecule has 0 fully saturated rings. The number of carbonyl (C=O) groups excluding carboxylic acids is 1. The zero-order chi connectivity index (χ0) is 22.6. The van der Waals surface area contributed by atoms with Crippen LogP contribution in [0.1, 0.15) is 31.0 Å². The SMILES string of the molecule is CC(C)[C@@H](NCC(=O)Nc1cc(C(F)(F)F)ccc1-n1cncn1)c1ccc(F)cc1. The van der Waals surface area contributed by atoms with E-state index in [1.54, 1.807) is 12.1 Å². The van der Waals surface area contributed by atoms with Gasteiger partial charge in [-0.2, -0.15) is 18.3 Å². The number of halogens is 4. The van der Waals surface area contributed by atoms with E-state index < -0.39 is 17.6 Å². The summed E-state index contributed by atoms with van der Waals surface area (Å²) in [5, 5.41) is 9.52. The van der Waals surface area contributed by atoms with Crippen LogP contribution in [0.15, 0.2) is 55.1 Å². The molecule has 0 aliphatic carbocycles. The van der Waals surface area contributed by atoms with Crippen LogP contribution in [0.5, 0.6) is 0 Å². The molecule has 2 N–H and O–H groups in total. The van der Waals surface area contributed by atoms with Gasteiger partial charge in [0.1, 0.15) is 18.5 Å². The standard InChI is InChI=1S/C21H21F4N5O/c1-13(2)20(14-3-6-16(22)7-4-14)27-10-19(31)29-17-9-15(21(23,24)25)5-8-18(17)30-12-26-11-28-30/h3-9,11-13,20,27H,10H2,1-2H3,(H,29,31)/t20-/m1/s1. The summed E-state index contributed by atoms with van der Waals surface area (Å²) in [5.74, 6) is -0.819. The lowest BCUT2D eigenvalue weighted by atomic mass is 9.96. The molecule has 3 rings (SSSR count). The molecule has 1 aromatic heterocycles. The maximum absolute atomic E-state index is 13.2. The molecule has 0 bridgehead atoms. The van der Waals surface area contributed by atoms with Gasteiger partial charge in [-0.1, -0.05) is 26.0 Å². The second kappa shape index (κ2) is 9.25. The Kier molecular flexibility index (Phi) is 6.69. The average Bonchev–Trinajstić information content (AvgIpc) is 3.23. The fourth-order valence-corrected chi connectivity index (χ4v) is 3.15. The fourth-order valence-electron chi connectivity index (χ4n) is 3.15. The highest BCUT2D eigenvalue weighted by Crippen LogP contribution is 2.33. The summed E-state index contributed by atoms with van der Waals surface area (Å²) in [6.07, 6.45) is -2.01. The highest BCUT2D eigenvalue weighted by molar-refractivity contribution is 5.94. The number of hydrogen-bond acceptors (Lipinski definition) is 4. The molecule has 10 heteroatoms. The van der Waals surface area contributed by atoms with Crippen molar-refractivity contribution < 1.29 is 22.4 Å². The van der Waals surface area contributed by atoms with Crippen LogP contribution in [0.25, 0.3) is 5.69 Å². The Bertz CT molecular complexity index is 1020. The second-order valence-electron chi connectivity index (χ2n) is 7.27. The van der Waals surface area contributed by atoms with Crippen LogP contribution in [0.2, 0.25) is 0 Å². The lowest BCUT2D eigenvalue weighted by Gasteiger charge is -2.23. The smallest absolute Gasteiger partial charge is 0.323 e. The molecule has 0 saturated carbocycles. The van der Waals surface area contributed by atoms with Gasteiger partial charge in [0.15, 0.2) is 0 Å². The van der Waals surface area contributed by atoms with Crippen LogP contribution in [0.3, 0.4) is 0 Å².